The number of hydrogen-bond donors (Lipinski definition) is 0. The van der Waals surface area contributed by atoms with Gasteiger partial charge >= 0.3 is 0 Å². The fraction of sp³-hybridized carbons (Fsp3) is 0.182. The zero-order chi connectivity index (χ0) is 20.6. The molecule has 7 heteroatoms. The van der Waals surface area contributed by atoms with Gasteiger partial charge in [-0.25, -0.2) is 8.42 Å². The summed E-state index contributed by atoms with van der Waals surface area (Å²) in [6.07, 6.45) is 0. The van der Waals surface area contributed by atoms with Gasteiger partial charge in [-0.1, -0.05) is 41.4 Å². The fourth-order valence-electron chi connectivity index (χ4n) is 3.37. The molecule has 3 aromatic rings. The smallest absolute Gasteiger partial charge is 0.264 e. The van der Waals surface area contributed by atoms with Crippen LogP contribution in [0.25, 0.3) is 0 Å². The molecule has 0 radical (unpaired) electrons. The van der Waals surface area contributed by atoms with Crippen LogP contribution in [0.3, 0.4) is 0 Å². The molecule has 0 N–H and O–H groups in total. The van der Waals surface area contributed by atoms with Crippen molar-refractivity contribution in [2.45, 2.75) is 22.8 Å². The van der Waals surface area contributed by atoms with Crippen LogP contribution in [-0.2, 0) is 10.0 Å². The predicted octanol–water partition coefficient (Wildman–Crippen LogP) is 5.70. The first kappa shape index (κ1) is 20.1. The van der Waals surface area contributed by atoms with Gasteiger partial charge in [0.05, 0.1) is 23.7 Å². The molecule has 4 rings (SSSR count). The standard InChI is InChI=1S/C22H20ClNO3S2/c1-15-3-10-19(11-4-15)29(25,26)24-20-13-17(23)7-12-22(20)28-14-21(24)16-5-8-18(27-2)9-6-16/h3-13,21H,14H2,1-2H3. The second kappa shape index (κ2) is 7.94. The van der Waals surface area contributed by atoms with Crippen molar-refractivity contribution in [3.8, 4) is 5.75 Å². The monoisotopic (exact) mass is 445 g/mol. The minimum absolute atomic E-state index is 0.263. The highest BCUT2D eigenvalue weighted by molar-refractivity contribution is 8.00. The van der Waals surface area contributed by atoms with Crippen molar-refractivity contribution < 1.29 is 13.2 Å². The summed E-state index contributed by atoms with van der Waals surface area (Å²) < 4.78 is 34.2. The maximum atomic E-state index is 13.7. The van der Waals surface area contributed by atoms with Crippen molar-refractivity contribution in [1.29, 1.82) is 0 Å². The van der Waals surface area contributed by atoms with Gasteiger partial charge in [-0.05, 0) is 55.0 Å². The van der Waals surface area contributed by atoms with Crippen LogP contribution in [0.1, 0.15) is 17.2 Å². The van der Waals surface area contributed by atoms with Gasteiger partial charge in [0, 0.05) is 15.7 Å². The van der Waals surface area contributed by atoms with Gasteiger partial charge in [-0.15, -0.1) is 11.8 Å². The van der Waals surface area contributed by atoms with Gasteiger partial charge in [-0.3, -0.25) is 4.31 Å². The van der Waals surface area contributed by atoms with E-state index in [1.54, 1.807) is 43.1 Å². The minimum Gasteiger partial charge on any atom is -0.497 e. The van der Waals surface area contributed by atoms with Crippen LogP contribution in [0.4, 0.5) is 5.69 Å². The van der Waals surface area contributed by atoms with Crippen LogP contribution in [0.15, 0.2) is 76.5 Å². The van der Waals surface area contributed by atoms with Gasteiger partial charge in [-0.2, -0.15) is 0 Å². The average molecular weight is 446 g/mol. The van der Waals surface area contributed by atoms with Crippen LogP contribution < -0.4 is 9.04 Å². The lowest BCUT2D eigenvalue weighted by Gasteiger charge is -2.37. The van der Waals surface area contributed by atoms with E-state index in [9.17, 15) is 8.42 Å². The predicted molar refractivity (Wildman–Crippen MR) is 119 cm³/mol. The number of benzene rings is 3. The molecular formula is C22H20ClNO3S2. The summed E-state index contributed by atoms with van der Waals surface area (Å²) in [4.78, 5) is 1.16. The molecule has 3 aromatic carbocycles. The normalized spacial score (nSPS) is 16.4. The average Bonchev–Trinajstić information content (AvgIpc) is 2.73. The van der Waals surface area contributed by atoms with E-state index in [2.05, 4.69) is 0 Å². The molecule has 0 saturated carbocycles. The summed E-state index contributed by atoms with van der Waals surface area (Å²) in [5, 5.41) is 0.504. The number of methoxy groups -OCH3 is 1. The number of anilines is 1. The first-order valence-electron chi connectivity index (χ1n) is 9.07. The number of ether oxygens (including phenoxy) is 1. The molecule has 1 unspecified atom stereocenters. The van der Waals surface area contributed by atoms with Crippen molar-refractivity contribution in [2.75, 3.05) is 17.2 Å². The third-order valence-electron chi connectivity index (χ3n) is 4.92. The third kappa shape index (κ3) is 3.84. The maximum absolute atomic E-state index is 13.7. The van der Waals surface area contributed by atoms with Crippen LogP contribution in [-0.4, -0.2) is 21.3 Å². The van der Waals surface area contributed by atoms with E-state index in [-0.39, 0.29) is 10.9 Å². The number of thioether (sulfide) groups is 1. The molecule has 1 atom stereocenters. The van der Waals surface area contributed by atoms with E-state index in [4.69, 9.17) is 16.3 Å². The largest absolute Gasteiger partial charge is 0.497 e. The Balaban J connectivity index is 1.88. The Morgan fingerprint density at radius 1 is 1.03 bits per heavy atom. The Labute approximate surface area is 180 Å². The Kier molecular flexibility index (Phi) is 5.51. The summed E-state index contributed by atoms with van der Waals surface area (Å²) >= 11 is 7.88. The molecule has 0 saturated heterocycles. The van der Waals surface area contributed by atoms with Crippen molar-refractivity contribution in [2.24, 2.45) is 0 Å². The molecule has 29 heavy (non-hydrogen) atoms. The molecule has 1 heterocycles. The Morgan fingerprint density at radius 3 is 2.38 bits per heavy atom. The molecular weight excluding hydrogens is 426 g/mol. The minimum atomic E-state index is -3.79. The highest BCUT2D eigenvalue weighted by Crippen LogP contribution is 2.47. The summed E-state index contributed by atoms with van der Waals surface area (Å²) in [6.45, 7) is 1.93. The van der Waals surface area contributed by atoms with Crippen molar-refractivity contribution in [3.05, 3.63) is 82.9 Å². The van der Waals surface area contributed by atoms with Gasteiger partial charge in [0.25, 0.3) is 10.0 Å². The van der Waals surface area contributed by atoms with E-state index in [0.29, 0.717) is 16.5 Å². The van der Waals surface area contributed by atoms with E-state index in [0.717, 1.165) is 21.8 Å². The van der Waals surface area contributed by atoms with E-state index < -0.39 is 10.0 Å². The van der Waals surface area contributed by atoms with E-state index in [1.807, 2.05) is 49.4 Å². The molecule has 0 aromatic heterocycles. The molecule has 1 aliphatic rings. The molecule has 4 nitrogen and oxygen atoms in total. The van der Waals surface area contributed by atoms with Crippen LogP contribution >= 0.6 is 23.4 Å². The summed E-state index contributed by atoms with van der Waals surface area (Å²) in [5.74, 6) is 1.33. The number of hydrogen-bond acceptors (Lipinski definition) is 4. The van der Waals surface area contributed by atoms with Gasteiger partial charge in [0.15, 0.2) is 0 Å². The van der Waals surface area contributed by atoms with Gasteiger partial charge < -0.3 is 4.74 Å². The zero-order valence-electron chi connectivity index (χ0n) is 16.0. The molecule has 0 spiro atoms. The van der Waals surface area contributed by atoms with Crippen LogP contribution in [0.2, 0.25) is 5.02 Å². The summed E-state index contributed by atoms with van der Waals surface area (Å²) in [6, 6.07) is 19.5. The van der Waals surface area contributed by atoms with Gasteiger partial charge in [0.1, 0.15) is 5.75 Å². The highest BCUT2D eigenvalue weighted by Gasteiger charge is 2.37. The zero-order valence-corrected chi connectivity index (χ0v) is 18.4. The number of nitrogens with zero attached hydrogens (tertiary/aromatic N) is 1. The molecule has 1 aliphatic heterocycles. The number of rotatable bonds is 4. The summed E-state index contributed by atoms with van der Waals surface area (Å²) in [7, 11) is -2.18. The third-order valence-corrected chi connectivity index (χ3v) is 8.13. The Hall–Kier alpha value is -2.15. The lowest BCUT2D eigenvalue weighted by Crippen LogP contribution is -2.38. The molecule has 0 fully saturated rings. The lowest BCUT2D eigenvalue weighted by molar-refractivity contribution is 0.414. The van der Waals surface area contributed by atoms with E-state index in [1.165, 1.54) is 4.31 Å². The van der Waals surface area contributed by atoms with E-state index >= 15 is 0 Å². The van der Waals surface area contributed by atoms with Crippen LogP contribution in [0.5, 0.6) is 5.75 Å². The van der Waals surface area contributed by atoms with Crippen molar-refractivity contribution in [1.82, 2.24) is 0 Å². The van der Waals surface area contributed by atoms with Gasteiger partial charge in [0.2, 0.25) is 0 Å². The van der Waals surface area contributed by atoms with Crippen LogP contribution in [0, 0.1) is 6.92 Å². The quantitative estimate of drug-likeness (QED) is 0.516. The molecule has 0 aliphatic carbocycles. The highest BCUT2D eigenvalue weighted by atomic mass is 35.5. The summed E-state index contributed by atoms with van der Waals surface area (Å²) in [5.41, 5.74) is 2.52. The second-order valence-corrected chi connectivity index (χ2v) is 10.1. The topological polar surface area (TPSA) is 46.6 Å². The first-order valence-corrected chi connectivity index (χ1v) is 11.9. The SMILES string of the molecule is COc1ccc(C2CSc3ccc(Cl)cc3N2S(=O)(=O)c2ccc(C)cc2)cc1. The number of sulfonamides is 1. The number of aryl methyl sites for hydroxylation is 1. The second-order valence-electron chi connectivity index (χ2n) is 6.83. The van der Waals surface area contributed by atoms with Crippen molar-refractivity contribution in [3.63, 3.8) is 0 Å². The Bertz CT molecular complexity index is 1130. The number of fused-ring (bicyclic) bond motifs is 1. The number of halogens is 1. The van der Waals surface area contributed by atoms with Crippen molar-refractivity contribution >= 4 is 39.1 Å². The molecule has 0 amide bonds. The fourth-order valence-corrected chi connectivity index (χ4v) is 6.48. The lowest BCUT2D eigenvalue weighted by atomic mass is 10.1. The molecule has 150 valence electrons. The molecule has 0 bridgehead atoms. The Morgan fingerprint density at radius 2 is 1.72 bits per heavy atom. The maximum Gasteiger partial charge on any atom is 0.264 e. The first-order chi connectivity index (χ1) is 13.9.